The van der Waals surface area contributed by atoms with Crippen molar-refractivity contribution >= 4 is 41.0 Å². The van der Waals surface area contributed by atoms with Crippen LogP contribution in [0.15, 0.2) is 12.1 Å². The van der Waals surface area contributed by atoms with Gasteiger partial charge in [-0.25, -0.2) is 9.48 Å². The second kappa shape index (κ2) is 7.62. The fourth-order valence-corrected chi connectivity index (χ4v) is 4.03. The molecule has 0 saturated heterocycles. The van der Waals surface area contributed by atoms with Crippen LogP contribution in [-0.2, 0) is 16.4 Å². The first-order valence-electron chi connectivity index (χ1n) is 8.79. The highest BCUT2D eigenvalue weighted by atomic mass is 35.5. The third-order valence-corrected chi connectivity index (χ3v) is 5.60. The van der Waals surface area contributed by atoms with E-state index >= 15 is 0 Å². The van der Waals surface area contributed by atoms with Crippen molar-refractivity contribution in [1.29, 1.82) is 5.26 Å². The Labute approximate surface area is 183 Å². The summed E-state index contributed by atoms with van der Waals surface area (Å²) in [7, 11) is 0. The van der Waals surface area contributed by atoms with Crippen molar-refractivity contribution in [1.82, 2.24) is 9.78 Å². The molecule has 1 aliphatic carbocycles. The lowest BCUT2D eigenvalue weighted by Crippen LogP contribution is -2.35. The third kappa shape index (κ3) is 3.66. The predicted molar refractivity (Wildman–Crippen MR) is 104 cm³/mol. The van der Waals surface area contributed by atoms with Gasteiger partial charge in [0.15, 0.2) is 5.69 Å². The van der Waals surface area contributed by atoms with E-state index in [-0.39, 0.29) is 42.1 Å². The van der Waals surface area contributed by atoms with Crippen molar-refractivity contribution in [2.75, 3.05) is 11.4 Å². The van der Waals surface area contributed by atoms with Crippen molar-refractivity contribution in [2.45, 2.75) is 31.4 Å². The van der Waals surface area contributed by atoms with Gasteiger partial charge in [-0.05, 0) is 31.9 Å². The molecule has 164 valence electrons. The molecule has 2 amide bonds. The zero-order valence-corrected chi connectivity index (χ0v) is 17.3. The van der Waals surface area contributed by atoms with Gasteiger partial charge in [0.2, 0.25) is 5.91 Å². The summed E-state index contributed by atoms with van der Waals surface area (Å²) in [5, 5.41) is 22.4. The number of hydrogen-bond donors (Lipinski definition) is 2. The maximum absolute atomic E-state index is 13.1. The van der Waals surface area contributed by atoms with Gasteiger partial charge in [0.1, 0.15) is 17.6 Å². The van der Waals surface area contributed by atoms with E-state index in [1.165, 1.54) is 6.92 Å². The fourth-order valence-electron chi connectivity index (χ4n) is 3.39. The highest BCUT2D eigenvalue weighted by Crippen LogP contribution is 2.53. The number of rotatable bonds is 5. The molecule has 1 heterocycles. The number of anilines is 1. The number of carboxylic acid groups (broad SMARTS) is 1. The number of alkyl halides is 3. The van der Waals surface area contributed by atoms with Crippen LogP contribution < -0.4 is 10.6 Å². The van der Waals surface area contributed by atoms with Gasteiger partial charge in [-0.3, -0.25) is 9.69 Å². The molecule has 0 aliphatic heterocycles. The van der Waals surface area contributed by atoms with Gasteiger partial charge in [0.05, 0.1) is 21.0 Å². The van der Waals surface area contributed by atoms with Gasteiger partial charge >= 0.3 is 12.3 Å². The normalized spacial score (nSPS) is 14.7. The molecule has 13 heteroatoms. The molecule has 1 aromatic carbocycles. The second-order valence-electron chi connectivity index (χ2n) is 6.83. The molecule has 1 aromatic heterocycles. The van der Waals surface area contributed by atoms with E-state index in [1.54, 1.807) is 6.07 Å². The van der Waals surface area contributed by atoms with Crippen molar-refractivity contribution in [2.24, 2.45) is 5.73 Å². The third-order valence-electron chi connectivity index (χ3n) is 5.03. The Hall–Kier alpha value is -2.97. The number of carbonyl (C=O) groups is 2. The SMILES string of the molecule is CCN(C(=O)O)c1c(C2(C(N)=O)CC2)c(C#N)nn1-c1c(Cl)cc(C(F)(F)F)cc1Cl. The van der Waals surface area contributed by atoms with Gasteiger partial charge in [-0.2, -0.15) is 23.5 Å². The Kier molecular flexibility index (Phi) is 5.58. The summed E-state index contributed by atoms with van der Waals surface area (Å²) in [5.41, 5.74) is 2.47. The number of amides is 2. The molecule has 0 unspecified atom stereocenters. The molecule has 8 nitrogen and oxygen atoms in total. The minimum absolute atomic E-state index is 0.0289. The van der Waals surface area contributed by atoms with Crippen LogP contribution in [0.3, 0.4) is 0 Å². The molecule has 1 fully saturated rings. The summed E-state index contributed by atoms with van der Waals surface area (Å²) in [4.78, 5) is 24.8. The average Bonchev–Trinajstić information content (AvgIpc) is 3.38. The molecule has 1 saturated carbocycles. The Balaban J connectivity index is 2.40. The van der Waals surface area contributed by atoms with Crippen LogP contribution in [0.25, 0.3) is 5.69 Å². The van der Waals surface area contributed by atoms with Gasteiger partial charge in [-0.15, -0.1) is 0 Å². The molecule has 1 aliphatic rings. The fraction of sp³-hybridized carbons (Fsp3) is 0.333. The number of hydrogen-bond acceptors (Lipinski definition) is 4. The maximum atomic E-state index is 13.1. The average molecular weight is 476 g/mol. The van der Waals surface area contributed by atoms with E-state index in [2.05, 4.69) is 5.10 Å². The van der Waals surface area contributed by atoms with E-state index in [1.807, 2.05) is 0 Å². The second-order valence-corrected chi connectivity index (χ2v) is 7.64. The van der Waals surface area contributed by atoms with E-state index in [0.29, 0.717) is 12.1 Å². The van der Waals surface area contributed by atoms with Crippen LogP contribution in [0, 0.1) is 11.3 Å². The predicted octanol–water partition coefficient (Wildman–Crippen LogP) is 4.09. The number of primary amides is 1. The molecular formula is C18H14Cl2F3N5O3. The molecule has 3 N–H and O–H groups in total. The van der Waals surface area contributed by atoms with E-state index in [0.717, 1.165) is 9.58 Å². The van der Waals surface area contributed by atoms with E-state index in [4.69, 9.17) is 28.9 Å². The quantitative estimate of drug-likeness (QED) is 0.673. The standard InChI is InChI=1S/C18H14Cl2F3N5O3/c1-2-27(16(30)31)14-12(17(3-4-17)15(25)29)11(7-24)26-28(14)13-9(19)5-8(6-10(13)20)18(21,22)23/h5-6H,2-4H2,1H3,(H2,25,29)(H,30,31). The largest absolute Gasteiger partial charge is 0.465 e. The van der Waals surface area contributed by atoms with Gasteiger partial charge in [0.25, 0.3) is 0 Å². The van der Waals surface area contributed by atoms with Crippen LogP contribution in [0.5, 0.6) is 0 Å². The molecular weight excluding hydrogens is 462 g/mol. The molecule has 31 heavy (non-hydrogen) atoms. The van der Waals surface area contributed by atoms with Crippen LogP contribution in [-0.4, -0.2) is 33.4 Å². The first-order chi connectivity index (χ1) is 14.4. The summed E-state index contributed by atoms with van der Waals surface area (Å²) in [5.74, 6) is -1.01. The smallest absolute Gasteiger partial charge is 0.416 e. The van der Waals surface area contributed by atoms with Gasteiger partial charge < -0.3 is 10.8 Å². The molecule has 0 radical (unpaired) electrons. The molecule has 0 atom stereocenters. The van der Waals surface area contributed by atoms with Crippen LogP contribution in [0.1, 0.15) is 36.6 Å². The number of nitrogens with zero attached hydrogens (tertiary/aromatic N) is 4. The maximum Gasteiger partial charge on any atom is 0.416 e. The summed E-state index contributed by atoms with van der Waals surface area (Å²) in [6, 6.07) is 3.01. The first-order valence-corrected chi connectivity index (χ1v) is 9.55. The topological polar surface area (TPSA) is 125 Å². The monoisotopic (exact) mass is 475 g/mol. The minimum atomic E-state index is -4.73. The lowest BCUT2D eigenvalue weighted by molar-refractivity contribution is -0.137. The van der Waals surface area contributed by atoms with Crippen molar-refractivity contribution in [3.8, 4) is 11.8 Å². The first kappa shape index (κ1) is 22.7. The summed E-state index contributed by atoms with van der Waals surface area (Å²) in [6.45, 7) is 1.35. The summed E-state index contributed by atoms with van der Waals surface area (Å²) in [6.07, 6.45) is -5.68. The number of benzene rings is 1. The Bertz CT molecular complexity index is 1110. The molecule has 0 bridgehead atoms. The summed E-state index contributed by atoms with van der Waals surface area (Å²) < 4.78 is 40.2. The number of nitriles is 1. The Morgan fingerprint density at radius 3 is 2.26 bits per heavy atom. The number of halogens is 5. The number of aromatic nitrogens is 2. The molecule has 0 spiro atoms. The van der Waals surface area contributed by atoms with Crippen molar-refractivity contribution in [3.05, 3.63) is 39.0 Å². The number of carbonyl (C=O) groups excluding carboxylic acids is 1. The van der Waals surface area contributed by atoms with Crippen LogP contribution >= 0.6 is 23.2 Å². The zero-order chi connectivity index (χ0) is 23.3. The van der Waals surface area contributed by atoms with Crippen molar-refractivity contribution in [3.63, 3.8) is 0 Å². The molecule has 3 rings (SSSR count). The van der Waals surface area contributed by atoms with Gasteiger partial charge in [0, 0.05) is 12.1 Å². The van der Waals surface area contributed by atoms with Crippen molar-refractivity contribution < 1.29 is 27.9 Å². The summed E-state index contributed by atoms with van der Waals surface area (Å²) >= 11 is 12.2. The van der Waals surface area contributed by atoms with Crippen LogP contribution in [0.4, 0.5) is 23.8 Å². The van der Waals surface area contributed by atoms with E-state index < -0.39 is 39.2 Å². The minimum Gasteiger partial charge on any atom is -0.465 e. The molecule has 2 aromatic rings. The highest BCUT2D eigenvalue weighted by molar-refractivity contribution is 6.38. The lowest BCUT2D eigenvalue weighted by atomic mass is 9.94. The Morgan fingerprint density at radius 2 is 1.90 bits per heavy atom. The zero-order valence-electron chi connectivity index (χ0n) is 15.8. The van der Waals surface area contributed by atoms with Gasteiger partial charge in [-0.1, -0.05) is 23.2 Å². The number of nitrogens with two attached hydrogens (primary N) is 1. The van der Waals surface area contributed by atoms with Crippen LogP contribution in [0.2, 0.25) is 10.0 Å². The highest BCUT2D eigenvalue weighted by Gasteiger charge is 2.55. The van der Waals surface area contributed by atoms with E-state index in [9.17, 15) is 33.1 Å². The lowest BCUT2D eigenvalue weighted by Gasteiger charge is -2.23. The Morgan fingerprint density at radius 1 is 1.35 bits per heavy atom.